The molecule has 140 valence electrons. The molecule has 10 heteroatoms. The van der Waals surface area contributed by atoms with Crippen LogP contribution in [-0.4, -0.2) is 42.0 Å². The Hall–Kier alpha value is -2.00. The number of esters is 1. The highest BCUT2D eigenvalue weighted by molar-refractivity contribution is 5.94. The maximum Gasteiger partial charge on any atom is 0.424 e. The second-order valence-electron chi connectivity index (χ2n) is 5.52. The number of para-hydroxylation sites is 1. The first-order valence-corrected chi connectivity index (χ1v) is 7.38. The summed E-state index contributed by atoms with van der Waals surface area (Å²) in [5.74, 6) is -0.627. The lowest BCUT2D eigenvalue weighted by molar-refractivity contribution is -0.181. The Kier molecular flexibility index (Phi) is 7.06. The number of carbonyl (C=O) groups is 2. The molecule has 0 bridgehead atoms. The summed E-state index contributed by atoms with van der Waals surface area (Å²) in [6.07, 6.45) is -7.52. The summed E-state index contributed by atoms with van der Waals surface area (Å²) < 4.78 is 45.3. The molecule has 1 aliphatic heterocycles. The minimum Gasteiger partial charge on any atom is -0.463 e. The van der Waals surface area contributed by atoms with Crippen molar-refractivity contribution in [2.24, 2.45) is 0 Å². The van der Waals surface area contributed by atoms with Crippen LogP contribution in [0.15, 0.2) is 30.3 Å². The van der Waals surface area contributed by atoms with Gasteiger partial charge in [-0.2, -0.15) is 18.2 Å². The van der Waals surface area contributed by atoms with Gasteiger partial charge in [0.2, 0.25) is 6.17 Å². The molecule has 0 aromatic heterocycles. The molecule has 25 heavy (non-hydrogen) atoms. The van der Waals surface area contributed by atoms with Crippen molar-refractivity contribution in [1.82, 2.24) is 10.4 Å². The molecule has 1 atom stereocenters. The van der Waals surface area contributed by atoms with E-state index in [0.29, 0.717) is 9.91 Å². The third-order valence-electron chi connectivity index (χ3n) is 3.25. The first-order valence-electron chi connectivity index (χ1n) is 7.38. The first kappa shape index (κ1) is 21.0. The average Bonchev–Trinajstić information content (AvgIpc) is 2.82. The number of alkyl halides is 3. The van der Waals surface area contributed by atoms with E-state index < -0.39 is 24.3 Å². The van der Waals surface area contributed by atoms with Crippen molar-refractivity contribution in [3.05, 3.63) is 30.3 Å². The predicted octanol–water partition coefficient (Wildman–Crippen LogP) is 3.09. The largest absolute Gasteiger partial charge is 0.463 e. The van der Waals surface area contributed by atoms with Gasteiger partial charge in [0, 0.05) is 12.2 Å². The highest BCUT2D eigenvalue weighted by Crippen LogP contribution is 2.33. The molecule has 1 aromatic carbocycles. The quantitative estimate of drug-likeness (QED) is 0.796. The van der Waals surface area contributed by atoms with Gasteiger partial charge in [-0.1, -0.05) is 18.2 Å². The fraction of sp³-hybridized carbons (Fsp3) is 0.467. The Morgan fingerprint density at radius 1 is 1.28 bits per heavy atom. The summed E-state index contributed by atoms with van der Waals surface area (Å²) in [4.78, 5) is 24.2. The van der Waals surface area contributed by atoms with Crippen molar-refractivity contribution in [3.63, 3.8) is 0 Å². The molecule has 1 aliphatic rings. The number of anilines is 1. The molecule has 0 spiro atoms. The molecule has 2 amide bonds. The summed E-state index contributed by atoms with van der Waals surface area (Å²) in [5.41, 5.74) is 2.28. The van der Waals surface area contributed by atoms with Crippen LogP contribution in [0.1, 0.15) is 20.3 Å². The van der Waals surface area contributed by atoms with E-state index in [1.807, 2.05) is 0 Å². The Morgan fingerprint density at radius 2 is 1.88 bits per heavy atom. The van der Waals surface area contributed by atoms with E-state index in [9.17, 15) is 22.8 Å². The normalized spacial score (nSPS) is 18.1. The summed E-state index contributed by atoms with van der Waals surface area (Å²) in [6.45, 7) is 2.97. The fourth-order valence-corrected chi connectivity index (χ4v) is 2.37. The van der Waals surface area contributed by atoms with Gasteiger partial charge in [-0.05, 0) is 26.0 Å². The van der Waals surface area contributed by atoms with Crippen molar-refractivity contribution in [2.75, 3.05) is 11.4 Å². The Labute approximate surface area is 149 Å². The zero-order valence-electron chi connectivity index (χ0n) is 13.6. The molecule has 1 saturated heterocycles. The van der Waals surface area contributed by atoms with Crippen molar-refractivity contribution in [1.29, 1.82) is 0 Å². The van der Waals surface area contributed by atoms with Crippen molar-refractivity contribution >= 4 is 30.1 Å². The number of hydrazine groups is 1. The zero-order chi connectivity index (χ0) is 17.9. The number of hydrogen-bond acceptors (Lipinski definition) is 4. The van der Waals surface area contributed by atoms with Gasteiger partial charge in [0.1, 0.15) is 0 Å². The van der Waals surface area contributed by atoms with Gasteiger partial charge in [-0.3, -0.25) is 15.1 Å². The number of hydrogen-bond donors (Lipinski definition) is 1. The molecule has 1 heterocycles. The number of rotatable bonds is 5. The van der Waals surface area contributed by atoms with E-state index in [-0.39, 0.29) is 37.2 Å². The number of carbonyl (C=O) groups excluding carboxylic acids is 2. The molecular formula is C15H19ClF3N3O3. The number of halogens is 4. The smallest absolute Gasteiger partial charge is 0.424 e. The topological polar surface area (TPSA) is 61.9 Å². The molecule has 0 saturated carbocycles. The van der Waals surface area contributed by atoms with Crippen molar-refractivity contribution in [2.45, 2.75) is 38.7 Å². The van der Waals surface area contributed by atoms with E-state index in [1.165, 1.54) is 12.1 Å². The number of amides is 2. The highest BCUT2D eigenvalue weighted by atomic mass is 35.5. The van der Waals surface area contributed by atoms with Crippen LogP contribution in [0.4, 0.5) is 23.7 Å². The van der Waals surface area contributed by atoms with Gasteiger partial charge in [-0.15, -0.1) is 12.4 Å². The summed E-state index contributed by atoms with van der Waals surface area (Å²) in [6, 6.07) is 6.64. The molecule has 1 unspecified atom stereocenters. The van der Waals surface area contributed by atoms with Gasteiger partial charge < -0.3 is 4.74 Å². The van der Waals surface area contributed by atoms with E-state index in [4.69, 9.17) is 4.74 Å². The van der Waals surface area contributed by atoms with Crippen LogP contribution in [-0.2, 0) is 9.53 Å². The molecule has 0 aliphatic carbocycles. The summed E-state index contributed by atoms with van der Waals surface area (Å²) >= 11 is 0. The van der Waals surface area contributed by atoms with E-state index in [0.717, 1.165) is 0 Å². The van der Waals surface area contributed by atoms with Gasteiger partial charge in [0.15, 0.2) is 0 Å². The monoisotopic (exact) mass is 381 g/mol. The van der Waals surface area contributed by atoms with Crippen LogP contribution in [0.5, 0.6) is 0 Å². The second kappa shape index (κ2) is 8.39. The lowest BCUT2D eigenvalue weighted by Gasteiger charge is -2.29. The number of urea groups is 1. The first-order chi connectivity index (χ1) is 11.2. The van der Waals surface area contributed by atoms with Crippen LogP contribution in [0.25, 0.3) is 0 Å². The zero-order valence-corrected chi connectivity index (χ0v) is 14.4. The number of nitrogens with one attached hydrogen (secondary N) is 1. The minimum absolute atomic E-state index is 0. The highest BCUT2D eigenvalue weighted by Gasteiger charge is 2.54. The van der Waals surface area contributed by atoms with Crippen LogP contribution in [0.3, 0.4) is 0 Å². The molecule has 2 rings (SSSR count). The minimum atomic E-state index is -4.70. The Balaban J connectivity index is 0.00000312. The van der Waals surface area contributed by atoms with Crippen LogP contribution >= 0.6 is 12.4 Å². The lowest BCUT2D eigenvalue weighted by atomic mass is 10.2. The Morgan fingerprint density at radius 3 is 2.40 bits per heavy atom. The van der Waals surface area contributed by atoms with Gasteiger partial charge >= 0.3 is 18.2 Å². The standard InChI is InChI=1S/C15H18F3N3O3.ClH/c1-10(2)24-12(22)8-9-20-13(15(16,17)18)21(14(23)19-20)11-6-4-3-5-7-11;/h3-7,10,13H,8-9H2,1-2H3,(H,19,23);1H. The third-order valence-corrected chi connectivity index (χ3v) is 3.25. The van der Waals surface area contributed by atoms with Gasteiger partial charge in [-0.25, -0.2) is 4.79 Å². The summed E-state index contributed by atoms with van der Waals surface area (Å²) in [5, 5.41) is 0.705. The molecule has 1 aromatic rings. The molecular weight excluding hydrogens is 363 g/mol. The van der Waals surface area contributed by atoms with Crippen molar-refractivity contribution < 1.29 is 27.5 Å². The molecule has 0 radical (unpaired) electrons. The number of ether oxygens (including phenoxy) is 1. The number of benzene rings is 1. The van der Waals surface area contributed by atoms with Gasteiger partial charge in [0.05, 0.1) is 12.5 Å². The average molecular weight is 382 g/mol. The fourth-order valence-electron chi connectivity index (χ4n) is 2.37. The lowest BCUT2D eigenvalue weighted by Crippen LogP contribution is -2.51. The Bertz CT molecular complexity index is 599. The molecule has 1 fully saturated rings. The molecule has 6 nitrogen and oxygen atoms in total. The SMILES string of the molecule is CC(C)OC(=O)CCN1NC(=O)N(c2ccccc2)C1C(F)(F)F.Cl. The maximum absolute atomic E-state index is 13.5. The van der Waals surface area contributed by atoms with Crippen LogP contribution in [0, 0.1) is 0 Å². The van der Waals surface area contributed by atoms with E-state index >= 15 is 0 Å². The number of nitrogens with zero attached hydrogens (tertiary/aromatic N) is 2. The second-order valence-corrected chi connectivity index (χ2v) is 5.52. The van der Waals surface area contributed by atoms with Crippen LogP contribution < -0.4 is 10.3 Å². The predicted molar refractivity (Wildman–Crippen MR) is 87.1 cm³/mol. The third kappa shape index (κ3) is 5.23. The van der Waals surface area contributed by atoms with E-state index in [1.54, 1.807) is 32.0 Å². The van der Waals surface area contributed by atoms with Crippen LogP contribution in [0.2, 0.25) is 0 Å². The van der Waals surface area contributed by atoms with E-state index in [2.05, 4.69) is 5.43 Å². The van der Waals surface area contributed by atoms with Crippen molar-refractivity contribution in [3.8, 4) is 0 Å². The van der Waals surface area contributed by atoms with Gasteiger partial charge in [0.25, 0.3) is 0 Å². The maximum atomic E-state index is 13.5. The summed E-state index contributed by atoms with van der Waals surface area (Å²) in [7, 11) is 0. The molecule has 1 N–H and O–H groups in total.